The van der Waals surface area contributed by atoms with E-state index >= 15 is 0 Å². The summed E-state index contributed by atoms with van der Waals surface area (Å²) >= 11 is 0. The lowest BCUT2D eigenvalue weighted by molar-refractivity contribution is 0.101. The molecule has 1 aliphatic heterocycles. The molecule has 0 saturated heterocycles. The van der Waals surface area contributed by atoms with Crippen LogP contribution in [0.2, 0.25) is 0 Å². The minimum Gasteiger partial charge on any atom is -0.493 e. The highest BCUT2D eigenvalue weighted by Gasteiger charge is 2.29. The molecule has 3 heteroatoms. The van der Waals surface area contributed by atoms with Gasteiger partial charge in [-0.3, -0.25) is 0 Å². The predicted octanol–water partition coefficient (Wildman–Crippen LogP) is 2.48. The van der Waals surface area contributed by atoms with Gasteiger partial charge >= 0.3 is 0 Å². The standard InChI is InChI=1S/C15H23NO2/c1-10-8-11-6-4-5-7-18-13(11)12(9-10)14(17)15(2,3)16/h8-9,14,17H,4-7,16H2,1-3H3. The summed E-state index contributed by atoms with van der Waals surface area (Å²) in [7, 11) is 0. The van der Waals surface area contributed by atoms with Crippen molar-refractivity contribution in [2.45, 2.75) is 51.7 Å². The van der Waals surface area contributed by atoms with E-state index in [0.29, 0.717) is 0 Å². The van der Waals surface area contributed by atoms with E-state index in [9.17, 15) is 5.11 Å². The first-order valence-corrected chi connectivity index (χ1v) is 6.63. The Labute approximate surface area is 109 Å². The van der Waals surface area contributed by atoms with Gasteiger partial charge in [-0.25, -0.2) is 0 Å². The normalized spacial score (nSPS) is 17.6. The van der Waals surface area contributed by atoms with E-state index in [-0.39, 0.29) is 0 Å². The molecule has 1 aromatic rings. The van der Waals surface area contributed by atoms with Crippen molar-refractivity contribution in [1.82, 2.24) is 0 Å². The van der Waals surface area contributed by atoms with Crippen LogP contribution in [0.1, 0.15) is 49.5 Å². The number of aliphatic hydroxyl groups is 1. The summed E-state index contributed by atoms with van der Waals surface area (Å²) in [5.74, 6) is 0.851. The molecule has 0 saturated carbocycles. The lowest BCUT2D eigenvalue weighted by Crippen LogP contribution is -2.39. The molecule has 2 rings (SSSR count). The highest BCUT2D eigenvalue weighted by Crippen LogP contribution is 2.36. The molecule has 100 valence electrons. The second-order valence-electron chi connectivity index (χ2n) is 5.87. The van der Waals surface area contributed by atoms with Crippen LogP contribution in [0.15, 0.2) is 12.1 Å². The number of nitrogens with two attached hydrogens (primary N) is 1. The fourth-order valence-corrected chi connectivity index (χ4v) is 2.44. The zero-order valence-corrected chi connectivity index (χ0v) is 11.5. The maximum Gasteiger partial charge on any atom is 0.128 e. The van der Waals surface area contributed by atoms with Crippen LogP contribution in [-0.2, 0) is 6.42 Å². The number of benzene rings is 1. The van der Waals surface area contributed by atoms with Gasteiger partial charge in [0.1, 0.15) is 5.75 Å². The average molecular weight is 249 g/mol. The molecule has 0 bridgehead atoms. The SMILES string of the molecule is Cc1cc2c(c(C(O)C(C)(C)N)c1)OCCCC2. The molecule has 3 nitrogen and oxygen atoms in total. The molecule has 0 fully saturated rings. The van der Waals surface area contributed by atoms with E-state index in [0.717, 1.165) is 42.7 Å². The number of hydrogen-bond acceptors (Lipinski definition) is 3. The first-order chi connectivity index (χ1) is 8.39. The summed E-state index contributed by atoms with van der Waals surface area (Å²) in [6.07, 6.45) is 2.51. The maximum absolute atomic E-state index is 10.4. The molecule has 0 spiro atoms. The Morgan fingerprint density at radius 2 is 2.06 bits per heavy atom. The van der Waals surface area contributed by atoms with Gasteiger partial charge in [-0.1, -0.05) is 11.6 Å². The molecule has 1 heterocycles. The van der Waals surface area contributed by atoms with Gasteiger partial charge < -0.3 is 15.6 Å². The van der Waals surface area contributed by atoms with Crippen LogP contribution in [0, 0.1) is 6.92 Å². The number of rotatable bonds is 2. The third kappa shape index (κ3) is 2.68. The van der Waals surface area contributed by atoms with Crippen LogP contribution < -0.4 is 10.5 Å². The van der Waals surface area contributed by atoms with Crippen molar-refractivity contribution in [2.75, 3.05) is 6.61 Å². The first kappa shape index (κ1) is 13.4. The Morgan fingerprint density at radius 3 is 2.72 bits per heavy atom. The molecule has 0 aliphatic carbocycles. The molecule has 1 atom stereocenters. The molecular weight excluding hydrogens is 226 g/mol. The van der Waals surface area contributed by atoms with Crippen molar-refractivity contribution >= 4 is 0 Å². The molecule has 0 amide bonds. The van der Waals surface area contributed by atoms with Crippen molar-refractivity contribution in [1.29, 1.82) is 0 Å². The number of ether oxygens (including phenoxy) is 1. The molecule has 0 radical (unpaired) electrons. The quantitative estimate of drug-likeness (QED) is 0.846. The van der Waals surface area contributed by atoms with Crippen LogP contribution in [0.5, 0.6) is 5.75 Å². The first-order valence-electron chi connectivity index (χ1n) is 6.63. The van der Waals surface area contributed by atoms with Crippen LogP contribution in [-0.4, -0.2) is 17.3 Å². The summed E-state index contributed by atoms with van der Waals surface area (Å²) in [6.45, 7) is 6.44. The van der Waals surface area contributed by atoms with Crippen LogP contribution in [0.25, 0.3) is 0 Å². The molecule has 3 N–H and O–H groups in total. The summed E-state index contributed by atoms with van der Waals surface area (Å²) in [5.41, 5.74) is 8.54. The van der Waals surface area contributed by atoms with Crippen LogP contribution in [0.4, 0.5) is 0 Å². The van der Waals surface area contributed by atoms with E-state index in [2.05, 4.69) is 6.07 Å². The molecule has 1 aliphatic rings. The monoisotopic (exact) mass is 249 g/mol. The lowest BCUT2D eigenvalue weighted by atomic mass is 9.89. The van der Waals surface area contributed by atoms with Gasteiger partial charge in [-0.05, 0) is 51.7 Å². The fraction of sp³-hybridized carbons (Fsp3) is 0.600. The second kappa shape index (κ2) is 4.90. The molecule has 1 aromatic carbocycles. The summed E-state index contributed by atoms with van der Waals surface area (Å²) in [6, 6.07) is 4.14. The van der Waals surface area contributed by atoms with Gasteiger partial charge in [0.25, 0.3) is 0 Å². The summed E-state index contributed by atoms with van der Waals surface area (Å²) in [4.78, 5) is 0. The van der Waals surface area contributed by atoms with E-state index < -0.39 is 11.6 Å². The Bertz CT molecular complexity index is 435. The number of hydrogen-bond donors (Lipinski definition) is 2. The van der Waals surface area contributed by atoms with Gasteiger partial charge in [0.05, 0.1) is 12.7 Å². The van der Waals surface area contributed by atoms with Crippen molar-refractivity contribution in [2.24, 2.45) is 5.73 Å². The van der Waals surface area contributed by atoms with Crippen molar-refractivity contribution in [3.8, 4) is 5.75 Å². The Hall–Kier alpha value is -1.06. The Morgan fingerprint density at radius 1 is 1.33 bits per heavy atom. The molecule has 0 aromatic heterocycles. The largest absolute Gasteiger partial charge is 0.493 e. The third-order valence-corrected chi connectivity index (χ3v) is 3.43. The third-order valence-electron chi connectivity index (χ3n) is 3.43. The minimum absolute atomic E-state index is 0.669. The van der Waals surface area contributed by atoms with E-state index in [1.165, 1.54) is 5.56 Å². The summed E-state index contributed by atoms with van der Waals surface area (Å²) < 4.78 is 5.84. The predicted molar refractivity (Wildman–Crippen MR) is 72.8 cm³/mol. The fourth-order valence-electron chi connectivity index (χ4n) is 2.44. The maximum atomic E-state index is 10.4. The average Bonchev–Trinajstić information content (AvgIpc) is 2.50. The van der Waals surface area contributed by atoms with E-state index in [4.69, 9.17) is 10.5 Å². The molecular formula is C15H23NO2. The van der Waals surface area contributed by atoms with Gasteiger partial charge in [0, 0.05) is 11.1 Å². The zero-order chi connectivity index (χ0) is 13.3. The van der Waals surface area contributed by atoms with Gasteiger partial charge in [0.15, 0.2) is 0 Å². The minimum atomic E-state index is -0.704. The van der Waals surface area contributed by atoms with Gasteiger partial charge in [-0.15, -0.1) is 0 Å². The van der Waals surface area contributed by atoms with Crippen molar-refractivity contribution < 1.29 is 9.84 Å². The van der Waals surface area contributed by atoms with Gasteiger partial charge in [-0.2, -0.15) is 0 Å². The number of aliphatic hydroxyl groups excluding tert-OH is 1. The lowest BCUT2D eigenvalue weighted by Gasteiger charge is -2.28. The highest BCUT2D eigenvalue weighted by atomic mass is 16.5. The summed E-state index contributed by atoms with van der Waals surface area (Å²) in [5, 5.41) is 10.4. The van der Waals surface area contributed by atoms with E-state index in [1.807, 2.05) is 26.8 Å². The van der Waals surface area contributed by atoms with E-state index in [1.54, 1.807) is 0 Å². The zero-order valence-electron chi connectivity index (χ0n) is 11.5. The van der Waals surface area contributed by atoms with Crippen molar-refractivity contribution in [3.63, 3.8) is 0 Å². The second-order valence-corrected chi connectivity index (χ2v) is 5.87. The van der Waals surface area contributed by atoms with Crippen molar-refractivity contribution in [3.05, 3.63) is 28.8 Å². The van der Waals surface area contributed by atoms with Crippen LogP contribution >= 0.6 is 0 Å². The highest BCUT2D eigenvalue weighted by molar-refractivity contribution is 5.47. The Balaban J connectivity index is 2.49. The van der Waals surface area contributed by atoms with Gasteiger partial charge in [0.2, 0.25) is 0 Å². The topological polar surface area (TPSA) is 55.5 Å². The molecule has 1 unspecified atom stereocenters. The number of fused-ring (bicyclic) bond motifs is 1. The molecule has 18 heavy (non-hydrogen) atoms. The Kier molecular flexibility index (Phi) is 3.64. The smallest absolute Gasteiger partial charge is 0.128 e. The van der Waals surface area contributed by atoms with Crippen LogP contribution in [0.3, 0.4) is 0 Å². The number of aryl methyl sites for hydroxylation is 2.